The fourth-order valence-electron chi connectivity index (χ4n) is 2.35. The Morgan fingerprint density at radius 2 is 2.06 bits per heavy atom. The molecule has 0 fully saturated rings. The molecule has 2 aromatic rings. The molecule has 0 saturated heterocycles. The summed E-state index contributed by atoms with van der Waals surface area (Å²) in [6.45, 7) is 8.46. The van der Waals surface area contributed by atoms with E-state index in [2.05, 4.69) is 45.0 Å². The third-order valence-corrected chi connectivity index (χ3v) is 3.35. The van der Waals surface area contributed by atoms with E-state index < -0.39 is 0 Å². The van der Waals surface area contributed by atoms with Crippen LogP contribution in [0.3, 0.4) is 0 Å². The summed E-state index contributed by atoms with van der Waals surface area (Å²) in [7, 11) is 0. The van der Waals surface area contributed by atoms with Gasteiger partial charge in [-0.05, 0) is 31.9 Å². The van der Waals surface area contributed by atoms with Crippen molar-refractivity contribution >= 4 is 22.6 Å². The molecule has 0 aliphatic carbocycles. The first-order valence-electron chi connectivity index (χ1n) is 6.04. The minimum Gasteiger partial charge on any atom is -0.460 e. The molecule has 0 aliphatic heterocycles. The first-order chi connectivity index (χ1) is 7.90. The lowest BCUT2D eigenvalue weighted by Gasteiger charge is -2.23. The smallest absolute Gasteiger partial charge is 0.137 e. The van der Waals surface area contributed by atoms with Crippen molar-refractivity contribution in [2.24, 2.45) is 0 Å². The Morgan fingerprint density at radius 1 is 1.35 bits per heavy atom. The summed E-state index contributed by atoms with van der Waals surface area (Å²) >= 11 is 6.10. The van der Waals surface area contributed by atoms with Gasteiger partial charge in [0.15, 0.2) is 0 Å². The van der Waals surface area contributed by atoms with Gasteiger partial charge in [0.2, 0.25) is 0 Å². The van der Waals surface area contributed by atoms with E-state index in [-0.39, 0.29) is 10.8 Å². The lowest BCUT2D eigenvalue weighted by atomic mass is 9.85. The zero-order chi connectivity index (χ0) is 12.6. The zero-order valence-corrected chi connectivity index (χ0v) is 11.6. The van der Waals surface area contributed by atoms with Crippen molar-refractivity contribution in [1.82, 2.24) is 0 Å². The molecule has 0 spiro atoms. The van der Waals surface area contributed by atoms with Crippen molar-refractivity contribution in [3.05, 3.63) is 35.6 Å². The molecular weight excluding hydrogens is 232 g/mol. The van der Waals surface area contributed by atoms with Crippen LogP contribution in [0, 0.1) is 6.92 Å². The highest BCUT2D eigenvalue weighted by Gasteiger charge is 2.26. The van der Waals surface area contributed by atoms with Crippen LogP contribution in [0.15, 0.2) is 28.7 Å². The van der Waals surface area contributed by atoms with E-state index >= 15 is 0 Å². The van der Waals surface area contributed by atoms with Crippen LogP contribution in [0.2, 0.25) is 0 Å². The SMILES string of the molecule is Cc1cccc2cc(C(C)(C)CC(C)Cl)oc12. The van der Waals surface area contributed by atoms with Crippen LogP contribution in [0.4, 0.5) is 0 Å². The number of rotatable bonds is 3. The van der Waals surface area contributed by atoms with Crippen LogP contribution < -0.4 is 0 Å². The Bertz CT molecular complexity index is 523. The van der Waals surface area contributed by atoms with Gasteiger partial charge in [-0.3, -0.25) is 0 Å². The molecule has 1 nitrogen and oxygen atoms in total. The fraction of sp³-hybridized carbons (Fsp3) is 0.467. The summed E-state index contributed by atoms with van der Waals surface area (Å²) in [6, 6.07) is 8.37. The van der Waals surface area contributed by atoms with Crippen LogP contribution in [0.5, 0.6) is 0 Å². The van der Waals surface area contributed by atoms with Crippen LogP contribution in [-0.4, -0.2) is 5.38 Å². The van der Waals surface area contributed by atoms with Gasteiger partial charge in [-0.15, -0.1) is 11.6 Å². The molecule has 17 heavy (non-hydrogen) atoms. The highest BCUT2D eigenvalue weighted by Crippen LogP contribution is 2.34. The molecule has 92 valence electrons. The number of furan rings is 1. The molecule has 0 saturated carbocycles. The second-order valence-corrected chi connectivity index (χ2v) is 6.22. The maximum atomic E-state index is 6.10. The molecule has 1 atom stereocenters. The monoisotopic (exact) mass is 250 g/mol. The number of hydrogen-bond donors (Lipinski definition) is 0. The molecule has 2 heteroatoms. The highest BCUT2D eigenvalue weighted by molar-refractivity contribution is 6.20. The molecule has 0 amide bonds. The van der Waals surface area contributed by atoms with Gasteiger partial charge in [-0.1, -0.05) is 32.0 Å². The molecule has 1 unspecified atom stereocenters. The first kappa shape index (κ1) is 12.5. The van der Waals surface area contributed by atoms with Gasteiger partial charge >= 0.3 is 0 Å². The van der Waals surface area contributed by atoms with Gasteiger partial charge in [0.05, 0.1) is 0 Å². The van der Waals surface area contributed by atoms with Gasteiger partial charge in [-0.25, -0.2) is 0 Å². The van der Waals surface area contributed by atoms with E-state index in [1.807, 2.05) is 6.92 Å². The molecule has 1 heterocycles. The number of para-hydroxylation sites is 1. The van der Waals surface area contributed by atoms with E-state index in [0.717, 1.165) is 17.8 Å². The van der Waals surface area contributed by atoms with Crippen molar-refractivity contribution in [3.63, 3.8) is 0 Å². The van der Waals surface area contributed by atoms with E-state index in [4.69, 9.17) is 16.0 Å². The summed E-state index contributed by atoms with van der Waals surface area (Å²) in [5.41, 5.74) is 2.16. The third-order valence-electron chi connectivity index (χ3n) is 3.20. The largest absolute Gasteiger partial charge is 0.460 e. The summed E-state index contributed by atoms with van der Waals surface area (Å²) in [4.78, 5) is 0. The molecule has 2 rings (SSSR count). The van der Waals surface area contributed by atoms with E-state index in [1.54, 1.807) is 0 Å². The maximum Gasteiger partial charge on any atom is 0.137 e. The van der Waals surface area contributed by atoms with Crippen molar-refractivity contribution in [2.45, 2.75) is 44.9 Å². The molecule has 0 N–H and O–H groups in total. The summed E-state index contributed by atoms with van der Waals surface area (Å²) in [5.74, 6) is 1.02. The minimum absolute atomic E-state index is 0.0212. The van der Waals surface area contributed by atoms with Gasteiger partial charge in [0, 0.05) is 16.2 Å². The van der Waals surface area contributed by atoms with Gasteiger partial charge in [0.25, 0.3) is 0 Å². The van der Waals surface area contributed by atoms with Crippen LogP contribution in [0.25, 0.3) is 11.0 Å². The van der Waals surface area contributed by atoms with Gasteiger partial charge < -0.3 is 4.42 Å². The number of fused-ring (bicyclic) bond motifs is 1. The maximum absolute atomic E-state index is 6.10. The van der Waals surface area contributed by atoms with Gasteiger partial charge in [-0.2, -0.15) is 0 Å². The van der Waals surface area contributed by atoms with E-state index in [1.165, 1.54) is 10.9 Å². The molecule has 0 bridgehead atoms. The molecule has 1 aromatic heterocycles. The predicted molar refractivity (Wildman–Crippen MR) is 73.9 cm³/mol. The predicted octanol–water partition coefficient (Wildman–Crippen LogP) is 5.04. The molecule has 0 radical (unpaired) electrons. The Kier molecular flexibility index (Phi) is 3.22. The second kappa shape index (κ2) is 4.38. The Morgan fingerprint density at radius 3 is 2.65 bits per heavy atom. The summed E-state index contributed by atoms with van der Waals surface area (Å²) < 4.78 is 6.01. The van der Waals surface area contributed by atoms with Crippen LogP contribution in [-0.2, 0) is 5.41 Å². The van der Waals surface area contributed by atoms with E-state index in [0.29, 0.717) is 0 Å². The van der Waals surface area contributed by atoms with E-state index in [9.17, 15) is 0 Å². The number of halogens is 1. The van der Waals surface area contributed by atoms with Crippen LogP contribution in [0.1, 0.15) is 38.5 Å². The average molecular weight is 251 g/mol. The van der Waals surface area contributed by atoms with Crippen molar-refractivity contribution in [2.75, 3.05) is 0 Å². The van der Waals surface area contributed by atoms with Crippen molar-refractivity contribution < 1.29 is 4.42 Å². The Hall–Kier alpha value is -0.950. The summed E-state index contributed by atoms with van der Waals surface area (Å²) in [6.07, 6.45) is 0.910. The normalized spacial score (nSPS) is 14.2. The number of benzene rings is 1. The lowest BCUT2D eigenvalue weighted by Crippen LogP contribution is -2.19. The minimum atomic E-state index is -0.0212. The standard InChI is InChI=1S/C15H19ClO/c1-10-6-5-7-12-8-13(17-14(10)12)15(3,4)9-11(2)16/h5-8,11H,9H2,1-4H3. The third kappa shape index (κ3) is 2.50. The summed E-state index contributed by atoms with van der Waals surface area (Å²) in [5, 5.41) is 1.33. The average Bonchev–Trinajstić information content (AvgIpc) is 2.61. The van der Waals surface area contributed by atoms with Crippen molar-refractivity contribution in [1.29, 1.82) is 0 Å². The van der Waals surface area contributed by atoms with Crippen molar-refractivity contribution in [3.8, 4) is 0 Å². The first-order valence-corrected chi connectivity index (χ1v) is 6.47. The molecular formula is C15H19ClO. The lowest BCUT2D eigenvalue weighted by molar-refractivity contribution is 0.377. The molecule has 1 aromatic carbocycles. The topological polar surface area (TPSA) is 13.1 Å². The second-order valence-electron chi connectivity index (χ2n) is 5.47. The Balaban J connectivity index is 2.46. The fourth-order valence-corrected chi connectivity index (χ4v) is 2.73. The zero-order valence-electron chi connectivity index (χ0n) is 10.9. The number of aryl methyl sites for hydroxylation is 1. The quantitative estimate of drug-likeness (QED) is 0.696. The molecule has 0 aliphatic rings. The van der Waals surface area contributed by atoms with Gasteiger partial charge in [0.1, 0.15) is 11.3 Å². The van der Waals surface area contributed by atoms with Crippen LogP contribution >= 0.6 is 11.6 Å². The highest BCUT2D eigenvalue weighted by atomic mass is 35.5. The number of hydrogen-bond acceptors (Lipinski definition) is 1. The Labute approximate surface area is 108 Å². The number of alkyl halides is 1.